The van der Waals surface area contributed by atoms with E-state index in [1.807, 2.05) is 42.5 Å². The number of rotatable bonds is 6. The minimum atomic E-state index is -0.774. The van der Waals surface area contributed by atoms with Crippen LogP contribution < -0.4 is 10.6 Å². The highest BCUT2D eigenvalue weighted by atomic mass is 19.1. The van der Waals surface area contributed by atoms with Crippen LogP contribution in [-0.2, 0) is 16.1 Å². The Labute approximate surface area is 162 Å². The molecule has 0 aliphatic rings. The van der Waals surface area contributed by atoms with Crippen LogP contribution in [0.5, 0.6) is 0 Å². The number of nitrogens with one attached hydrogen (secondary N) is 2. The van der Waals surface area contributed by atoms with Crippen LogP contribution in [0.25, 0.3) is 10.8 Å². The molecule has 6 heteroatoms. The summed E-state index contributed by atoms with van der Waals surface area (Å²) in [7, 11) is 0. The van der Waals surface area contributed by atoms with E-state index in [0.29, 0.717) is 5.56 Å². The molecular weight excluding hydrogens is 359 g/mol. The summed E-state index contributed by atoms with van der Waals surface area (Å²) < 4.78 is 12.9. The van der Waals surface area contributed by atoms with Gasteiger partial charge in [0.25, 0.3) is 0 Å². The highest BCUT2D eigenvalue weighted by molar-refractivity contribution is 6.35. The van der Waals surface area contributed by atoms with Crippen LogP contribution in [0, 0.1) is 5.82 Å². The number of carbonyl (C=O) groups excluding carboxylic acids is 2. The Morgan fingerprint density at radius 1 is 0.893 bits per heavy atom. The van der Waals surface area contributed by atoms with Gasteiger partial charge in [0.1, 0.15) is 5.82 Å². The fourth-order valence-electron chi connectivity index (χ4n) is 2.96. The maximum absolute atomic E-state index is 12.9. The van der Waals surface area contributed by atoms with E-state index in [-0.39, 0.29) is 25.3 Å². The van der Waals surface area contributed by atoms with Gasteiger partial charge in [-0.3, -0.25) is 9.59 Å². The lowest BCUT2D eigenvalue weighted by molar-refractivity contribution is -0.139. The maximum atomic E-state index is 12.9. The van der Waals surface area contributed by atoms with Crippen molar-refractivity contribution in [3.8, 4) is 0 Å². The van der Waals surface area contributed by atoms with Gasteiger partial charge in [-0.25, -0.2) is 4.39 Å². The van der Waals surface area contributed by atoms with Crippen molar-refractivity contribution in [2.24, 2.45) is 0 Å². The van der Waals surface area contributed by atoms with Gasteiger partial charge in [-0.15, -0.1) is 0 Å². The topological polar surface area (TPSA) is 78.4 Å². The van der Waals surface area contributed by atoms with Crippen molar-refractivity contribution in [3.05, 3.63) is 83.7 Å². The smallest absolute Gasteiger partial charge is 0.309 e. The maximum Gasteiger partial charge on any atom is 0.309 e. The average Bonchev–Trinajstić information content (AvgIpc) is 2.72. The Kier molecular flexibility index (Phi) is 6.34. The molecule has 3 aromatic carbocycles. The summed E-state index contributed by atoms with van der Waals surface area (Å²) in [6.45, 7) is 0.290. The second-order valence-corrected chi connectivity index (χ2v) is 6.44. The predicted octanol–water partition coefficient (Wildman–Crippen LogP) is 2.84. The Morgan fingerprint density at radius 2 is 1.57 bits per heavy atom. The molecule has 0 saturated carbocycles. The van der Waals surface area contributed by atoms with E-state index in [9.17, 15) is 19.1 Å². The van der Waals surface area contributed by atoms with Gasteiger partial charge >= 0.3 is 11.8 Å². The van der Waals surface area contributed by atoms with Gasteiger partial charge < -0.3 is 15.7 Å². The second-order valence-electron chi connectivity index (χ2n) is 6.44. The lowest BCUT2D eigenvalue weighted by Crippen LogP contribution is -2.40. The fraction of sp³-hybridized carbons (Fsp3) is 0.182. The number of aliphatic hydroxyl groups is 1. The van der Waals surface area contributed by atoms with Crippen molar-refractivity contribution in [1.82, 2.24) is 10.6 Å². The third-order valence-electron chi connectivity index (χ3n) is 4.46. The molecule has 1 unspecified atom stereocenters. The molecule has 3 aromatic rings. The van der Waals surface area contributed by atoms with Gasteiger partial charge in [0.05, 0.1) is 6.10 Å². The number of hydrogen-bond donors (Lipinski definition) is 3. The highest BCUT2D eigenvalue weighted by Gasteiger charge is 2.15. The van der Waals surface area contributed by atoms with Gasteiger partial charge in [0.2, 0.25) is 0 Å². The first-order valence-electron chi connectivity index (χ1n) is 9.01. The first-order chi connectivity index (χ1) is 13.5. The molecule has 0 fully saturated rings. The molecule has 0 radical (unpaired) electrons. The zero-order valence-corrected chi connectivity index (χ0v) is 15.2. The van der Waals surface area contributed by atoms with Crippen LogP contribution in [0.2, 0.25) is 0 Å². The molecule has 1 atom stereocenters. The van der Waals surface area contributed by atoms with Crippen LogP contribution in [0.3, 0.4) is 0 Å². The van der Waals surface area contributed by atoms with Gasteiger partial charge in [-0.2, -0.15) is 0 Å². The molecule has 0 spiro atoms. The molecule has 0 bridgehead atoms. The summed E-state index contributed by atoms with van der Waals surface area (Å²) in [5.74, 6) is -1.91. The van der Waals surface area contributed by atoms with Gasteiger partial charge in [-0.05, 0) is 40.5 Å². The normalized spacial score (nSPS) is 11.8. The van der Waals surface area contributed by atoms with E-state index < -0.39 is 17.9 Å². The molecule has 0 aliphatic carbocycles. The Hall–Kier alpha value is -3.25. The molecule has 3 rings (SSSR count). The number of benzene rings is 3. The lowest BCUT2D eigenvalue weighted by atomic mass is 9.99. The average molecular weight is 380 g/mol. The van der Waals surface area contributed by atoms with Crippen LogP contribution in [0.1, 0.15) is 23.7 Å². The Morgan fingerprint density at radius 3 is 2.36 bits per heavy atom. The van der Waals surface area contributed by atoms with E-state index in [2.05, 4.69) is 10.6 Å². The van der Waals surface area contributed by atoms with Gasteiger partial charge in [-0.1, -0.05) is 54.6 Å². The molecule has 5 nitrogen and oxygen atoms in total. The third-order valence-corrected chi connectivity index (χ3v) is 4.46. The van der Waals surface area contributed by atoms with Crippen LogP contribution in [-0.4, -0.2) is 23.5 Å². The zero-order valence-electron chi connectivity index (χ0n) is 15.2. The van der Waals surface area contributed by atoms with E-state index in [0.717, 1.165) is 16.3 Å². The van der Waals surface area contributed by atoms with Crippen molar-refractivity contribution in [2.45, 2.75) is 19.1 Å². The summed E-state index contributed by atoms with van der Waals surface area (Å²) in [6.07, 6.45) is -0.473. The largest absolute Gasteiger partial charge is 0.388 e. The number of halogens is 1. The molecule has 0 saturated heterocycles. The van der Waals surface area contributed by atoms with E-state index in [1.165, 1.54) is 24.3 Å². The molecule has 28 heavy (non-hydrogen) atoms. The molecule has 144 valence electrons. The molecule has 0 aromatic heterocycles. The summed E-state index contributed by atoms with van der Waals surface area (Å²) in [4.78, 5) is 23.7. The van der Waals surface area contributed by atoms with Crippen molar-refractivity contribution in [2.75, 3.05) is 6.54 Å². The Balaban J connectivity index is 1.47. The quantitative estimate of drug-likeness (QED) is 0.576. The summed E-state index contributed by atoms with van der Waals surface area (Å²) in [5.41, 5.74) is 1.47. The summed E-state index contributed by atoms with van der Waals surface area (Å²) in [6, 6.07) is 19.1. The molecular formula is C22H21FN2O3. The van der Waals surface area contributed by atoms with E-state index in [1.54, 1.807) is 0 Å². The predicted molar refractivity (Wildman–Crippen MR) is 105 cm³/mol. The second kappa shape index (κ2) is 9.10. The molecule has 0 heterocycles. The minimum Gasteiger partial charge on any atom is -0.388 e. The molecule has 3 N–H and O–H groups in total. The number of hydrogen-bond acceptors (Lipinski definition) is 3. The molecule has 0 aliphatic heterocycles. The monoisotopic (exact) mass is 380 g/mol. The van der Waals surface area contributed by atoms with E-state index >= 15 is 0 Å². The number of fused-ring (bicyclic) bond motifs is 1. The SMILES string of the molecule is O=C(NCCC(O)c1cccc2ccccc12)C(=O)NCc1ccc(F)cc1. The third kappa shape index (κ3) is 4.92. The number of aliphatic hydroxyl groups excluding tert-OH is 1. The van der Waals surface area contributed by atoms with Crippen LogP contribution >= 0.6 is 0 Å². The van der Waals surface area contributed by atoms with E-state index in [4.69, 9.17) is 0 Å². The van der Waals surface area contributed by atoms with Crippen LogP contribution in [0.4, 0.5) is 4.39 Å². The highest BCUT2D eigenvalue weighted by Crippen LogP contribution is 2.25. The minimum absolute atomic E-state index is 0.130. The van der Waals surface area contributed by atoms with Crippen molar-refractivity contribution >= 4 is 22.6 Å². The number of amides is 2. The van der Waals surface area contributed by atoms with Crippen molar-refractivity contribution < 1.29 is 19.1 Å². The Bertz CT molecular complexity index is 968. The summed E-state index contributed by atoms with van der Waals surface area (Å²) >= 11 is 0. The fourth-order valence-corrected chi connectivity index (χ4v) is 2.96. The van der Waals surface area contributed by atoms with Crippen molar-refractivity contribution in [1.29, 1.82) is 0 Å². The number of carbonyl (C=O) groups is 2. The standard InChI is InChI=1S/C22H21FN2O3/c23-17-10-8-15(9-11-17)14-25-22(28)21(27)24-13-12-20(26)19-7-3-5-16-4-1-2-6-18(16)19/h1-11,20,26H,12-14H2,(H,24,27)(H,25,28). The zero-order chi connectivity index (χ0) is 19.9. The first-order valence-corrected chi connectivity index (χ1v) is 9.01. The summed E-state index contributed by atoms with van der Waals surface area (Å²) in [5, 5.41) is 17.4. The van der Waals surface area contributed by atoms with Gasteiger partial charge in [0, 0.05) is 13.1 Å². The first kappa shape index (κ1) is 19.5. The molecule has 2 amide bonds. The van der Waals surface area contributed by atoms with Gasteiger partial charge in [0.15, 0.2) is 0 Å². The van der Waals surface area contributed by atoms with Crippen LogP contribution in [0.15, 0.2) is 66.7 Å². The van der Waals surface area contributed by atoms with Crippen molar-refractivity contribution in [3.63, 3.8) is 0 Å². The lowest BCUT2D eigenvalue weighted by Gasteiger charge is -2.14.